The fourth-order valence-corrected chi connectivity index (χ4v) is 1.08. The Kier molecular flexibility index (Phi) is 3.65. The summed E-state index contributed by atoms with van der Waals surface area (Å²) in [5.74, 6) is -2.82. The number of hydrogen-bond donors (Lipinski definition) is 2. The van der Waals surface area contributed by atoms with Gasteiger partial charge in [-0.05, 0) is 0 Å². The number of carboxylic acid groups (broad SMARTS) is 1. The van der Waals surface area contributed by atoms with Crippen molar-refractivity contribution in [2.24, 2.45) is 16.1 Å². The predicted molar refractivity (Wildman–Crippen MR) is 43.6 cm³/mol. The summed E-state index contributed by atoms with van der Waals surface area (Å²) in [6.07, 6.45) is -7.50. The number of alkyl halides is 5. The molecule has 0 aromatic heterocycles. The smallest absolute Gasteiger partial charge is 0.475 e. The molecular weight excluding hydrogens is 253 g/mol. The van der Waals surface area contributed by atoms with Crippen LogP contribution in [0.5, 0.6) is 0 Å². The molecule has 17 heavy (non-hydrogen) atoms. The van der Waals surface area contributed by atoms with E-state index in [1.165, 1.54) is 0 Å². The van der Waals surface area contributed by atoms with Gasteiger partial charge >= 0.3 is 12.1 Å². The first-order chi connectivity index (χ1) is 7.70. The number of halogens is 5. The van der Waals surface area contributed by atoms with Crippen molar-refractivity contribution in [2.75, 3.05) is 13.1 Å². The molecule has 2 heterocycles. The van der Waals surface area contributed by atoms with Crippen LogP contribution in [0.25, 0.3) is 0 Å². The van der Waals surface area contributed by atoms with Crippen LogP contribution in [0.3, 0.4) is 0 Å². The molecule has 0 bridgehead atoms. The second-order valence-corrected chi connectivity index (χ2v) is 3.44. The molecular formula is C7H8F5N3O2. The number of hydrogen-bond acceptors (Lipinski definition) is 4. The molecule has 2 aliphatic heterocycles. The summed E-state index contributed by atoms with van der Waals surface area (Å²) in [7, 11) is 0. The Morgan fingerprint density at radius 2 is 1.76 bits per heavy atom. The van der Waals surface area contributed by atoms with E-state index in [0.29, 0.717) is 13.1 Å². The van der Waals surface area contributed by atoms with Gasteiger partial charge in [-0.3, -0.25) is 0 Å². The van der Waals surface area contributed by atoms with E-state index < -0.39 is 24.2 Å². The molecule has 0 saturated carbocycles. The molecule has 2 N–H and O–H groups in total. The number of aliphatic carboxylic acids is 1. The van der Waals surface area contributed by atoms with E-state index in [-0.39, 0.29) is 5.92 Å². The van der Waals surface area contributed by atoms with E-state index in [2.05, 4.69) is 15.5 Å². The Hall–Kier alpha value is -1.32. The molecule has 0 aromatic rings. The Balaban J connectivity index is 0.000000185. The summed E-state index contributed by atoms with van der Waals surface area (Å²) in [5.41, 5.74) is -1.30. The second-order valence-electron chi connectivity index (χ2n) is 3.44. The Morgan fingerprint density at radius 1 is 1.35 bits per heavy atom. The maximum atomic E-state index is 12.1. The molecule has 5 nitrogen and oxygen atoms in total. The average Bonchev–Trinajstić information content (AvgIpc) is 2.81. The third-order valence-electron chi connectivity index (χ3n) is 2.28. The van der Waals surface area contributed by atoms with Crippen LogP contribution < -0.4 is 5.32 Å². The fraction of sp³-hybridized carbons (Fsp3) is 0.857. The molecule has 1 fully saturated rings. The molecule has 2 rings (SSSR count). The number of nitrogens with zero attached hydrogens (tertiary/aromatic N) is 2. The van der Waals surface area contributed by atoms with Crippen LogP contribution in [-0.4, -0.2) is 42.4 Å². The molecule has 98 valence electrons. The number of nitrogens with one attached hydrogen (secondary N) is 1. The summed E-state index contributed by atoms with van der Waals surface area (Å²) in [4.78, 5) is 8.90. The van der Waals surface area contributed by atoms with Crippen LogP contribution in [0, 0.1) is 5.92 Å². The summed E-state index contributed by atoms with van der Waals surface area (Å²) in [5, 5.41) is 16.8. The van der Waals surface area contributed by atoms with E-state index >= 15 is 0 Å². The van der Waals surface area contributed by atoms with E-state index in [9.17, 15) is 22.0 Å². The lowest BCUT2D eigenvalue weighted by molar-refractivity contribution is -0.192. The minimum Gasteiger partial charge on any atom is -0.475 e. The predicted octanol–water partition coefficient (Wildman–Crippen LogP) is 1.27. The van der Waals surface area contributed by atoms with Gasteiger partial charge < -0.3 is 10.4 Å². The zero-order valence-corrected chi connectivity index (χ0v) is 8.21. The van der Waals surface area contributed by atoms with Crippen molar-refractivity contribution in [3.05, 3.63) is 0 Å². The summed E-state index contributed by atoms with van der Waals surface area (Å²) < 4.78 is 56.0. The van der Waals surface area contributed by atoms with Gasteiger partial charge in [0.05, 0.1) is 0 Å². The Bertz CT molecular complexity index is 320. The van der Waals surface area contributed by atoms with E-state index in [0.717, 1.165) is 0 Å². The maximum Gasteiger partial charge on any atom is 0.490 e. The second kappa shape index (κ2) is 4.51. The highest BCUT2D eigenvalue weighted by Gasteiger charge is 2.58. The van der Waals surface area contributed by atoms with Crippen LogP contribution in [0.2, 0.25) is 0 Å². The quantitative estimate of drug-likeness (QED) is 0.735. The third-order valence-corrected chi connectivity index (χ3v) is 2.28. The highest BCUT2D eigenvalue weighted by molar-refractivity contribution is 5.73. The number of carbonyl (C=O) groups is 1. The van der Waals surface area contributed by atoms with Crippen molar-refractivity contribution in [3.8, 4) is 0 Å². The van der Waals surface area contributed by atoms with Crippen molar-refractivity contribution in [3.63, 3.8) is 0 Å². The minimum absolute atomic E-state index is 0.0625. The van der Waals surface area contributed by atoms with Crippen LogP contribution in [0.15, 0.2) is 10.2 Å². The van der Waals surface area contributed by atoms with E-state index in [4.69, 9.17) is 9.90 Å². The maximum absolute atomic E-state index is 12.1. The van der Waals surface area contributed by atoms with Crippen LogP contribution in [0.1, 0.15) is 0 Å². The lowest BCUT2D eigenvalue weighted by atomic mass is 9.91. The zero-order valence-electron chi connectivity index (χ0n) is 8.21. The monoisotopic (exact) mass is 261 g/mol. The molecule has 0 atom stereocenters. The van der Waals surface area contributed by atoms with Crippen molar-refractivity contribution in [2.45, 2.75) is 18.3 Å². The highest BCUT2D eigenvalue weighted by atomic mass is 19.4. The SMILES string of the molecule is FC(F)C1(C2CNC2)N=N1.O=C(O)C(F)(F)F. The van der Waals surface area contributed by atoms with Crippen LogP contribution in [0.4, 0.5) is 22.0 Å². The fourth-order valence-electron chi connectivity index (χ4n) is 1.08. The topological polar surface area (TPSA) is 74.0 Å². The normalized spacial score (nSPS) is 21.5. The Labute approximate surface area is 91.7 Å². The van der Waals surface area contributed by atoms with Gasteiger partial charge in [0.25, 0.3) is 12.1 Å². The zero-order chi connectivity index (χ0) is 13.3. The standard InChI is InChI=1S/C5H7F2N3.C2HF3O2/c6-4(7)5(9-10-5)3-1-8-2-3;3-2(4,5)1(6)7/h3-4,8H,1-2H2;(H,6,7). The molecule has 0 aliphatic carbocycles. The van der Waals surface area contributed by atoms with Crippen molar-refractivity contribution >= 4 is 5.97 Å². The summed E-state index contributed by atoms with van der Waals surface area (Å²) >= 11 is 0. The van der Waals surface area contributed by atoms with Gasteiger partial charge in [-0.2, -0.15) is 23.4 Å². The first-order valence-corrected chi connectivity index (χ1v) is 4.43. The first-order valence-electron chi connectivity index (χ1n) is 4.43. The first kappa shape index (κ1) is 13.7. The largest absolute Gasteiger partial charge is 0.490 e. The van der Waals surface area contributed by atoms with Gasteiger partial charge in [-0.15, -0.1) is 0 Å². The van der Waals surface area contributed by atoms with Gasteiger partial charge in [0, 0.05) is 19.0 Å². The molecule has 0 radical (unpaired) electrons. The van der Waals surface area contributed by atoms with Crippen LogP contribution in [-0.2, 0) is 4.79 Å². The number of rotatable bonds is 2. The van der Waals surface area contributed by atoms with Crippen molar-refractivity contribution in [1.82, 2.24) is 5.32 Å². The molecule has 0 spiro atoms. The van der Waals surface area contributed by atoms with Gasteiger partial charge in [0.1, 0.15) is 0 Å². The number of carboxylic acids is 1. The molecule has 1 saturated heterocycles. The molecule has 10 heteroatoms. The van der Waals surface area contributed by atoms with Crippen molar-refractivity contribution in [1.29, 1.82) is 0 Å². The molecule has 0 unspecified atom stereocenters. The van der Waals surface area contributed by atoms with E-state index in [1.807, 2.05) is 0 Å². The Morgan fingerprint density at radius 3 is 1.82 bits per heavy atom. The van der Waals surface area contributed by atoms with E-state index in [1.54, 1.807) is 0 Å². The third kappa shape index (κ3) is 3.08. The molecule has 2 aliphatic rings. The minimum atomic E-state index is -5.08. The lowest BCUT2D eigenvalue weighted by Gasteiger charge is -2.30. The molecule has 0 amide bonds. The van der Waals surface area contributed by atoms with Gasteiger partial charge in [0.2, 0.25) is 0 Å². The molecule has 0 aromatic carbocycles. The van der Waals surface area contributed by atoms with Crippen LogP contribution >= 0.6 is 0 Å². The van der Waals surface area contributed by atoms with Gasteiger partial charge in [-0.1, -0.05) is 0 Å². The lowest BCUT2D eigenvalue weighted by Crippen LogP contribution is -2.52. The highest BCUT2D eigenvalue weighted by Crippen LogP contribution is 2.43. The van der Waals surface area contributed by atoms with Gasteiger partial charge in [-0.25, -0.2) is 13.6 Å². The average molecular weight is 261 g/mol. The summed E-state index contributed by atoms with van der Waals surface area (Å²) in [6, 6.07) is 0. The van der Waals surface area contributed by atoms with Crippen molar-refractivity contribution < 1.29 is 31.9 Å². The van der Waals surface area contributed by atoms with Gasteiger partial charge in [0.15, 0.2) is 0 Å². The summed E-state index contributed by atoms with van der Waals surface area (Å²) in [6.45, 7) is 1.24.